The van der Waals surface area contributed by atoms with Gasteiger partial charge in [0.15, 0.2) is 0 Å². The van der Waals surface area contributed by atoms with Gasteiger partial charge < -0.3 is 0 Å². The van der Waals surface area contributed by atoms with E-state index in [2.05, 4.69) is 64.6 Å². The third-order valence-electron chi connectivity index (χ3n) is 4.86. The number of hydrogen-bond donors (Lipinski definition) is 1. The number of nitrogens with one attached hydrogen (secondary N) is 1. The molecule has 1 aromatic heterocycles. The molecule has 0 saturated heterocycles. The number of benzene rings is 2. The third-order valence-corrected chi connectivity index (χ3v) is 4.86. The molecule has 0 atom stereocenters. The Balaban J connectivity index is 0.000000252. The Hall–Kier alpha value is -2.68. The van der Waals surface area contributed by atoms with Crippen LogP contribution in [-0.2, 0) is 6.42 Å². The summed E-state index contributed by atoms with van der Waals surface area (Å²) >= 11 is 0. The molecule has 1 N–H and O–H groups in total. The van der Waals surface area contributed by atoms with Crippen molar-refractivity contribution < 1.29 is 0 Å². The maximum absolute atomic E-state index is 3.56. The van der Waals surface area contributed by atoms with E-state index in [0.29, 0.717) is 0 Å². The van der Waals surface area contributed by atoms with Crippen molar-refractivity contribution >= 4 is 16.3 Å². The average Bonchev–Trinajstić information content (AvgIpc) is 3.21. The van der Waals surface area contributed by atoms with Gasteiger partial charge in [0, 0.05) is 0 Å². The lowest BCUT2D eigenvalue weighted by atomic mass is 9.79. The third kappa shape index (κ3) is 2.78. The van der Waals surface area contributed by atoms with E-state index in [1.807, 2.05) is 0 Å². The molecule has 0 bridgehead atoms. The highest BCUT2D eigenvalue weighted by Crippen LogP contribution is 2.39. The molecular weight excluding hydrogens is 294 g/mol. The Morgan fingerprint density at radius 3 is 2.79 bits per heavy atom. The lowest BCUT2D eigenvalue weighted by Crippen LogP contribution is -2.07. The zero-order chi connectivity index (χ0) is 16.4. The van der Waals surface area contributed by atoms with Crippen LogP contribution in [0, 0.1) is 6.92 Å². The predicted molar refractivity (Wildman–Crippen MR) is 98.7 cm³/mol. The van der Waals surface area contributed by atoms with Gasteiger partial charge in [-0.25, -0.2) is 4.98 Å². The van der Waals surface area contributed by atoms with E-state index in [9.17, 15) is 0 Å². The maximum Gasteiger partial charge on any atom is 0.137 e. The van der Waals surface area contributed by atoms with E-state index in [1.54, 1.807) is 11.1 Å². The lowest BCUT2D eigenvalue weighted by Gasteiger charge is -2.25. The molecule has 0 amide bonds. The van der Waals surface area contributed by atoms with Crippen LogP contribution in [0.3, 0.4) is 0 Å². The Morgan fingerprint density at radius 1 is 1.04 bits per heavy atom. The van der Waals surface area contributed by atoms with Crippen molar-refractivity contribution in [1.82, 2.24) is 15.2 Å². The number of H-pyrrole nitrogens is 1. The molecule has 3 aromatic rings. The Labute approximate surface area is 142 Å². The molecule has 3 nitrogen and oxygen atoms in total. The first-order chi connectivity index (χ1) is 11.8. The van der Waals surface area contributed by atoms with Crippen molar-refractivity contribution in [2.24, 2.45) is 0 Å². The summed E-state index contributed by atoms with van der Waals surface area (Å²) in [5.41, 5.74) is 7.56. The fourth-order valence-corrected chi connectivity index (χ4v) is 3.73. The maximum atomic E-state index is 3.56. The smallest absolute Gasteiger partial charge is 0.137 e. The van der Waals surface area contributed by atoms with Gasteiger partial charge in [-0.05, 0) is 60.1 Å². The number of aromatic amines is 1. The first-order valence-corrected chi connectivity index (χ1v) is 8.53. The molecule has 0 aliphatic heterocycles. The summed E-state index contributed by atoms with van der Waals surface area (Å²) in [7, 11) is 0. The summed E-state index contributed by atoms with van der Waals surface area (Å²) in [6.45, 7) is 2.17. The molecule has 24 heavy (non-hydrogen) atoms. The molecular formula is C21H21N3. The van der Waals surface area contributed by atoms with Gasteiger partial charge in [-0.3, -0.25) is 5.10 Å². The molecule has 2 aromatic carbocycles. The van der Waals surface area contributed by atoms with E-state index in [4.69, 9.17) is 0 Å². The quantitative estimate of drug-likeness (QED) is 0.634. The second-order valence-electron chi connectivity index (χ2n) is 6.43. The van der Waals surface area contributed by atoms with Crippen molar-refractivity contribution in [1.29, 1.82) is 0 Å². The summed E-state index contributed by atoms with van der Waals surface area (Å²) in [5.74, 6) is 0. The van der Waals surface area contributed by atoms with Gasteiger partial charge in [0.2, 0.25) is 0 Å². The minimum Gasteiger partial charge on any atom is -0.266 e. The molecule has 5 rings (SSSR count). The Morgan fingerprint density at radius 2 is 2.00 bits per heavy atom. The molecule has 1 heterocycles. The highest BCUT2D eigenvalue weighted by atomic mass is 15.2. The molecule has 0 unspecified atom stereocenters. The van der Waals surface area contributed by atoms with E-state index in [-0.39, 0.29) is 0 Å². The van der Waals surface area contributed by atoms with E-state index >= 15 is 0 Å². The zero-order valence-corrected chi connectivity index (χ0v) is 13.9. The molecule has 0 spiro atoms. The Bertz CT molecular complexity index is 900. The van der Waals surface area contributed by atoms with E-state index < -0.39 is 0 Å². The van der Waals surface area contributed by atoms with Gasteiger partial charge in [-0.2, -0.15) is 5.10 Å². The van der Waals surface area contributed by atoms with Crippen molar-refractivity contribution in [2.45, 2.75) is 32.6 Å². The summed E-state index contributed by atoms with van der Waals surface area (Å²) in [5, 5.41) is 8.83. The van der Waals surface area contributed by atoms with Crippen LogP contribution in [-0.4, -0.2) is 15.2 Å². The van der Waals surface area contributed by atoms with Crippen LogP contribution in [0.15, 0.2) is 60.7 Å². The van der Waals surface area contributed by atoms with Crippen LogP contribution >= 0.6 is 0 Å². The summed E-state index contributed by atoms with van der Waals surface area (Å²) < 4.78 is 0. The minimum absolute atomic E-state index is 1.21. The Kier molecular flexibility index (Phi) is 3.99. The van der Waals surface area contributed by atoms with Gasteiger partial charge in [-0.15, -0.1) is 0 Å². The molecule has 0 saturated carbocycles. The van der Waals surface area contributed by atoms with Gasteiger partial charge >= 0.3 is 0 Å². The number of hydrogen-bond acceptors (Lipinski definition) is 2. The molecule has 2 aliphatic carbocycles. The highest BCUT2D eigenvalue weighted by Gasteiger charge is 2.20. The molecule has 120 valence electrons. The van der Waals surface area contributed by atoms with E-state index in [0.717, 1.165) is 0 Å². The van der Waals surface area contributed by atoms with Crippen LogP contribution < -0.4 is 0 Å². The van der Waals surface area contributed by atoms with Crippen LogP contribution in [0.5, 0.6) is 0 Å². The second kappa shape index (κ2) is 6.44. The summed E-state index contributed by atoms with van der Waals surface area (Å²) in [6, 6.07) is 11.5. The number of aryl methyl sites for hydroxylation is 2. The fourth-order valence-electron chi connectivity index (χ4n) is 3.73. The van der Waals surface area contributed by atoms with Crippen molar-refractivity contribution in [2.75, 3.05) is 0 Å². The fraction of sp³-hybridized carbons (Fsp3) is 0.238. The molecule has 3 heteroatoms. The van der Waals surface area contributed by atoms with Crippen molar-refractivity contribution in [3.63, 3.8) is 0 Å². The molecule has 2 aliphatic rings. The highest BCUT2D eigenvalue weighted by molar-refractivity contribution is 5.94. The van der Waals surface area contributed by atoms with Gasteiger partial charge in [0.05, 0.1) is 0 Å². The van der Waals surface area contributed by atoms with Crippen LogP contribution in [0.2, 0.25) is 0 Å². The SMILES string of the molecule is Cc1ccc2c3c(ccc2c1)C1=C(CCC=C1)CC3.c1nc[nH]n1. The normalized spacial score (nSPS) is 15.5. The van der Waals surface area contributed by atoms with Crippen LogP contribution in [0.25, 0.3) is 16.3 Å². The van der Waals surface area contributed by atoms with Gasteiger partial charge in [0.25, 0.3) is 0 Å². The first-order valence-electron chi connectivity index (χ1n) is 8.53. The summed E-state index contributed by atoms with van der Waals surface area (Å²) in [6.07, 6.45) is 12.6. The molecule has 0 fully saturated rings. The average molecular weight is 315 g/mol. The van der Waals surface area contributed by atoms with Crippen LogP contribution in [0.4, 0.5) is 0 Å². The number of nitrogens with zero attached hydrogens (tertiary/aromatic N) is 2. The number of rotatable bonds is 0. The largest absolute Gasteiger partial charge is 0.266 e. The number of fused-ring (bicyclic) bond motifs is 4. The minimum atomic E-state index is 1.21. The number of allylic oxidation sites excluding steroid dienone is 4. The van der Waals surface area contributed by atoms with Gasteiger partial charge in [0.1, 0.15) is 12.7 Å². The topological polar surface area (TPSA) is 41.6 Å². The number of aromatic nitrogens is 3. The van der Waals surface area contributed by atoms with Crippen molar-refractivity contribution in [3.8, 4) is 0 Å². The lowest BCUT2D eigenvalue weighted by molar-refractivity contribution is 0.831. The monoisotopic (exact) mass is 315 g/mol. The zero-order valence-electron chi connectivity index (χ0n) is 13.9. The van der Waals surface area contributed by atoms with Crippen molar-refractivity contribution in [3.05, 3.63) is 77.4 Å². The second-order valence-corrected chi connectivity index (χ2v) is 6.43. The summed E-state index contributed by atoms with van der Waals surface area (Å²) in [4.78, 5) is 3.56. The first kappa shape index (κ1) is 14.9. The predicted octanol–water partition coefficient (Wildman–Crippen LogP) is 5.00. The van der Waals surface area contributed by atoms with Gasteiger partial charge in [-0.1, -0.05) is 53.6 Å². The van der Waals surface area contributed by atoms with Crippen LogP contribution in [0.1, 0.15) is 36.0 Å². The molecule has 0 radical (unpaired) electrons. The van der Waals surface area contributed by atoms with E-state index in [1.165, 1.54) is 65.8 Å². The standard InChI is InChI=1S/C19H18.C2H3N3/c1-13-6-9-17-15(12-13)8-11-18-16-5-3-2-4-14(16)7-10-19(17)18;1-3-2-5-4-1/h3,5-6,8-9,11-12H,2,4,7,10H2,1H3;1-2H,(H,3,4,5).